The van der Waals surface area contributed by atoms with Crippen LogP contribution in [-0.4, -0.2) is 21.1 Å². The molecule has 2 aromatic heterocycles. The van der Waals surface area contributed by atoms with Crippen LogP contribution >= 0.6 is 23.1 Å². The number of carbonyl (C=O) groups is 1. The molecular formula is C22H20N4O3S2. The fourth-order valence-corrected chi connectivity index (χ4v) is 4.48. The van der Waals surface area contributed by atoms with Crippen LogP contribution in [0, 0.1) is 6.92 Å². The van der Waals surface area contributed by atoms with Gasteiger partial charge in [-0.1, -0.05) is 42.1 Å². The van der Waals surface area contributed by atoms with Gasteiger partial charge in [0.1, 0.15) is 5.75 Å². The van der Waals surface area contributed by atoms with Crippen molar-refractivity contribution in [2.45, 2.75) is 31.4 Å². The van der Waals surface area contributed by atoms with Gasteiger partial charge in [0.25, 0.3) is 11.1 Å². The van der Waals surface area contributed by atoms with Gasteiger partial charge in [-0.25, -0.2) is 4.98 Å². The fourth-order valence-electron chi connectivity index (χ4n) is 2.81. The van der Waals surface area contributed by atoms with Crippen molar-refractivity contribution in [3.05, 3.63) is 77.1 Å². The number of amides is 1. The molecule has 0 aliphatic carbocycles. The summed E-state index contributed by atoms with van der Waals surface area (Å²) in [4.78, 5) is 18.4. The summed E-state index contributed by atoms with van der Waals surface area (Å²) in [7, 11) is 0. The van der Waals surface area contributed by atoms with Crippen molar-refractivity contribution in [3.8, 4) is 5.75 Å². The fraction of sp³-hybridized carbons (Fsp3) is 0.182. The number of benzene rings is 2. The topological polar surface area (TPSA) is 81.4 Å². The average Bonchev–Trinajstić information content (AvgIpc) is 3.41. The molecule has 0 saturated heterocycles. The van der Waals surface area contributed by atoms with Crippen LogP contribution in [0.3, 0.4) is 0 Å². The van der Waals surface area contributed by atoms with E-state index < -0.39 is 0 Å². The van der Waals surface area contributed by atoms with Crippen LogP contribution in [0.25, 0.3) is 0 Å². The summed E-state index contributed by atoms with van der Waals surface area (Å²) in [6, 6.07) is 17.3. The molecule has 4 rings (SSSR count). The quantitative estimate of drug-likeness (QED) is 0.332. The smallest absolute Gasteiger partial charge is 0.277 e. The van der Waals surface area contributed by atoms with Crippen LogP contribution in [-0.2, 0) is 17.2 Å². The van der Waals surface area contributed by atoms with E-state index in [1.165, 1.54) is 30.0 Å². The number of aromatic nitrogens is 3. The predicted octanol–water partition coefficient (Wildman–Crippen LogP) is 5.39. The molecule has 0 fully saturated rings. The van der Waals surface area contributed by atoms with Crippen LogP contribution in [0.15, 0.2) is 69.6 Å². The minimum absolute atomic E-state index is 0.0881. The third kappa shape index (κ3) is 5.50. The van der Waals surface area contributed by atoms with Gasteiger partial charge >= 0.3 is 0 Å². The summed E-state index contributed by atoms with van der Waals surface area (Å²) in [6.45, 7) is 3.75. The second kappa shape index (κ2) is 9.76. The van der Waals surface area contributed by atoms with Crippen molar-refractivity contribution >= 4 is 39.8 Å². The Hall–Kier alpha value is -3.17. The van der Waals surface area contributed by atoms with Gasteiger partial charge in [-0.15, -0.1) is 21.5 Å². The van der Waals surface area contributed by atoms with Crippen LogP contribution in [0.4, 0.5) is 10.8 Å². The number of hydrogen-bond acceptors (Lipinski definition) is 8. The second-order valence-electron chi connectivity index (χ2n) is 6.67. The lowest BCUT2D eigenvalue weighted by Crippen LogP contribution is -2.22. The number of anilines is 2. The number of ether oxygens (including phenoxy) is 1. The van der Waals surface area contributed by atoms with E-state index in [1.54, 1.807) is 4.90 Å². The molecule has 1 amide bonds. The van der Waals surface area contributed by atoms with Crippen molar-refractivity contribution in [3.63, 3.8) is 0 Å². The molecule has 0 N–H and O–H groups in total. The zero-order valence-corrected chi connectivity index (χ0v) is 18.7. The van der Waals surface area contributed by atoms with E-state index in [2.05, 4.69) is 15.2 Å². The first-order chi connectivity index (χ1) is 15.1. The molecule has 158 valence electrons. The van der Waals surface area contributed by atoms with Crippen molar-refractivity contribution in [1.82, 2.24) is 15.2 Å². The van der Waals surface area contributed by atoms with E-state index in [-0.39, 0.29) is 12.5 Å². The molecule has 2 aromatic carbocycles. The SMILES string of the molecule is CC(=O)N(c1ccccc1)c1nc(CSc2nnc(COc3cccc(C)c3)o2)cs1. The van der Waals surface area contributed by atoms with Gasteiger partial charge in [-0.05, 0) is 36.8 Å². The molecule has 0 aliphatic heterocycles. The normalized spacial score (nSPS) is 10.8. The summed E-state index contributed by atoms with van der Waals surface area (Å²) in [5.41, 5.74) is 2.75. The zero-order chi connectivity index (χ0) is 21.6. The molecule has 0 atom stereocenters. The highest BCUT2D eigenvalue weighted by atomic mass is 32.2. The van der Waals surface area contributed by atoms with Crippen LogP contribution in [0.2, 0.25) is 0 Å². The van der Waals surface area contributed by atoms with Gasteiger partial charge in [0.2, 0.25) is 5.91 Å². The number of thiazole rings is 1. The molecule has 2 heterocycles. The minimum Gasteiger partial charge on any atom is -0.484 e. The molecule has 9 heteroatoms. The molecule has 0 bridgehead atoms. The summed E-state index contributed by atoms with van der Waals surface area (Å²) in [5.74, 6) is 1.64. The van der Waals surface area contributed by atoms with Gasteiger partial charge < -0.3 is 9.15 Å². The van der Waals surface area contributed by atoms with E-state index >= 15 is 0 Å². The molecule has 0 saturated carbocycles. The standard InChI is InChI=1S/C22H20N4O3S2/c1-15-7-6-10-19(11-15)28-12-20-24-25-22(29-20)31-14-17-13-30-21(23-17)26(16(2)27)18-8-4-3-5-9-18/h3-11,13H,12,14H2,1-2H3. The highest BCUT2D eigenvalue weighted by Gasteiger charge is 2.18. The Morgan fingerprint density at radius 1 is 1.16 bits per heavy atom. The lowest BCUT2D eigenvalue weighted by Gasteiger charge is -2.17. The van der Waals surface area contributed by atoms with Gasteiger partial charge in [-0.2, -0.15) is 0 Å². The van der Waals surface area contributed by atoms with Gasteiger partial charge in [0.05, 0.1) is 11.4 Å². The van der Waals surface area contributed by atoms with E-state index in [0.717, 1.165) is 22.7 Å². The van der Waals surface area contributed by atoms with Crippen molar-refractivity contribution in [2.75, 3.05) is 4.90 Å². The maximum atomic E-state index is 12.2. The molecule has 31 heavy (non-hydrogen) atoms. The number of carbonyl (C=O) groups excluding carboxylic acids is 1. The summed E-state index contributed by atoms with van der Waals surface area (Å²) in [6.07, 6.45) is 0. The Bertz CT molecular complexity index is 1160. The maximum Gasteiger partial charge on any atom is 0.277 e. The molecule has 0 radical (unpaired) electrons. The molecule has 0 unspecified atom stereocenters. The Kier molecular flexibility index (Phi) is 6.63. The summed E-state index contributed by atoms with van der Waals surface area (Å²) >= 11 is 2.81. The van der Waals surface area contributed by atoms with Crippen LogP contribution in [0.5, 0.6) is 5.75 Å². The number of aryl methyl sites for hydroxylation is 1. The van der Waals surface area contributed by atoms with Gasteiger partial charge in [-0.3, -0.25) is 9.69 Å². The molecular weight excluding hydrogens is 432 g/mol. The molecule has 0 aliphatic rings. The van der Waals surface area contributed by atoms with Crippen molar-refractivity contribution < 1.29 is 13.9 Å². The number of nitrogens with zero attached hydrogens (tertiary/aromatic N) is 4. The Balaban J connectivity index is 1.35. The largest absolute Gasteiger partial charge is 0.484 e. The Labute approximate surface area is 188 Å². The van der Waals surface area contributed by atoms with E-state index in [0.29, 0.717) is 22.0 Å². The number of hydrogen-bond donors (Lipinski definition) is 0. The molecule has 0 spiro atoms. The summed E-state index contributed by atoms with van der Waals surface area (Å²) < 4.78 is 11.3. The summed E-state index contributed by atoms with van der Waals surface area (Å²) in [5, 5.41) is 11.1. The van der Waals surface area contributed by atoms with E-state index in [9.17, 15) is 4.79 Å². The highest BCUT2D eigenvalue weighted by Crippen LogP contribution is 2.31. The predicted molar refractivity (Wildman–Crippen MR) is 121 cm³/mol. The maximum absolute atomic E-state index is 12.2. The zero-order valence-electron chi connectivity index (χ0n) is 17.0. The van der Waals surface area contributed by atoms with Crippen molar-refractivity contribution in [1.29, 1.82) is 0 Å². The van der Waals surface area contributed by atoms with E-state index in [4.69, 9.17) is 9.15 Å². The number of thioether (sulfide) groups is 1. The van der Waals surface area contributed by atoms with Gasteiger partial charge in [0.15, 0.2) is 11.7 Å². The van der Waals surface area contributed by atoms with Gasteiger partial charge in [0, 0.05) is 18.1 Å². The third-order valence-corrected chi connectivity index (χ3v) is 5.93. The Morgan fingerprint density at radius 3 is 2.77 bits per heavy atom. The first-order valence-corrected chi connectivity index (χ1v) is 11.4. The number of para-hydroxylation sites is 1. The molecule has 4 aromatic rings. The number of rotatable bonds is 8. The van der Waals surface area contributed by atoms with Crippen LogP contribution < -0.4 is 9.64 Å². The van der Waals surface area contributed by atoms with Crippen LogP contribution in [0.1, 0.15) is 24.1 Å². The average molecular weight is 453 g/mol. The first-order valence-electron chi connectivity index (χ1n) is 9.53. The lowest BCUT2D eigenvalue weighted by molar-refractivity contribution is -0.115. The Morgan fingerprint density at radius 2 is 2.00 bits per heavy atom. The molecule has 7 nitrogen and oxygen atoms in total. The second-order valence-corrected chi connectivity index (χ2v) is 8.43. The monoisotopic (exact) mass is 452 g/mol. The third-order valence-electron chi connectivity index (χ3n) is 4.20. The first kappa shape index (κ1) is 21.1. The van der Waals surface area contributed by atoms with E-state index in [1.807, 2.05) is 66.9 Å². The minimum atomic E-state index is -0.0881. The van der Waals surface area contributed by atoms with Crippen molar-refractivity contribution in [2.24, 2.45) is 0 Å². The highest BCUT2D eigenvalue weighted by molar-refractivity contribution is 7.98. The lowest BCUT2D eigenvalue weighted by atomic mass is 10.2.